The molecule has 0 aliphatic heterocycles. The molecule has 0 fully saturated rings. The van der Waals surface area contributed by atoms with Gasteiger partial charge < -0.3 is 4.40 Å². The van der Waals surface area contributed by atoms with Crippen LogP contribution < -0.4 is 4.74 Å². The first-order chi connectivity index (χ1) is 30.8. The SMILES string of the molecule is [2H]C([2H])([2H])c1ccc(-n2[c](=[Pt])n(C)c3ccccc32)[c-]c1Oc1[c-]c2c(cc1)c1cc3c4cccc5c6ccccc6n(c3cc1n2-c1cc(C([2H])([2H])[2H])c(-c2ccccc2)cn1)c54. The molecule has 0 saturated carbocycles. The zero-order valence-electron chi connectivity index (χ0n) is 36.8. The first kappa shape index (κ1) is 27.8. The number of benzene rings is 7. The summed E-state index contributed by atoms with van der Waals surface area (Å²) in [6.07, 6.45) is 1.63. The number of ether oxygens (including phenoxy) is 1. The van der Waals surface area contributed by atoms with E-state index >= 15 is 0 Å². The fourth-order valence-electron chi connectivity index (χ4n) is 8.83. The van der Waals surface area contributed by atoms with Gasteiger partial charge in [-0.15, -0.1) is 0 Å². The molecule has 0 saturated heterocycles. The minimum atomic E-state index is -2.51. The molecular weight excluding hydrogens is 894 g/mol. The van der Waals surface area contributed by atoms with Crippen LogP contribution in [0.15, 0.2) is 146 Å². The van der Waals surface area contributed by atoms with Gasteiger partial charge in [-0.2, -0.15) is 0 Å². The zero-order valence-corrected chi connectivity index (χ0v) is 33.1. The number of hydrogen-bond donors (Lipinski definition) is 0. The van der Waals surface area contributed by atoms with Crippen molar-refractivity contribution in [2.24, 2.45) is 7.05 Å². The molecule has 0 amide bonds. The smallest absolute Gasteiger partial charge is 0.0622 e. The third-order valence-electron chi connectivity index (χ3n) is 11.5. The van der Waals surface area contributed by atoms with Gasteiger partial charge in [-0.3, -0.25) is 0 Å². The number of rotatable bonds is 5. The van der Waals surface area contributed by atoms with Crippen LogP contribution in [0.4, 0.5) is 0 Å². The van der Waals surface area contributed by atoms with Crippen molar-refractivity contribution in [2.45, 2.75) is 13.7 Å². The van der Waals surface area contributed by atoms with E-state index < -0.39 is 13.7 Å². The number of fused-ring (bicyclic) bond motifs is 10. The van der Waals surface area contributed by atoms with E-state index in [1.807, 2.05) is 76.8 Å². The Morgan fingerprint density at radius 1 is 0.603 bits per heavy atom. The van der Waals surface area contributed by atoms with E-state index in [2.05, 4.69) is 95.1 Å². The summed E-state index contributed by atoms with van der Waals surface area (Å²) in [5.74, 6) is 0.679. The Labute approximate surface area is 352 Å². The van der Waals surface area contributed by atoms with Crippen molar-refractivity contribution in [1.29, 1.82) is 0 Å². The van der Waals surface area contributed by atoms with Gasteiger partial charge in [0, 0.05) is 37.4 Å². The second-order valence-corrected chi connectivity index (χ2v) is 15.6. The molecule has 0 unspecified atom stereocenters. The van der Waals surface area contributed by atoms with Crippen LogP contribution >= 0.6 is 0 Å². The van der Waals surface area contributed by atoms with Gasteiger partial charge in [0.2, 0.25) is 0 Å². The standard InChI is InChI=1S/C51H33N5O.Pt/c1-31-20-21-34(54-30-53(3)44-18-9-10-19-45(44)54)25-49(31)57-35-22-23-37-40-27-41-39-16-11-15-38-36-14-7-8-17-43(36)56(51(38)39)48(41)28-47(40)55(46(37)26-35)50-24-32(2)42(29-52-50)33-12-5-4-6-13-33;/h4-24,27-29H,1-3H3;/q-2;/i1D3,2D3;. The molecule has 7 aromatic carbocycles. The van der Waals surface area contributed by atoms with Crippen LogP contribution in [-0.4, -0.2) is 23.1 Å². The zero-order chi connectivity index (χ0) is 43.8. The quantitative estimate of drug-likeness (QED) is 0.161. The molecule has 280 valence electrons. The summed E-state index contributed by atoms with van der Waals surface area (Å²) in [6.45, 7) is -4.98. The Morgan fingerprint density at radius 3 is 2.19 bits per heavy atom. The molecule has 6 nitrogen and oxygen atoms in total. The molecule has 12 rings (SSSR count). The second-order valence-electron chi connectivity index (χ2n) is 14.6. The third kappa shape index (κ3) is 4.70. The van der Waals surface area contributed by atoms with Gasteiger partial charge in [-0.25, -0.2) is 0 Å². The summed E-state index contributed by atoms with van der Waals surface area (Å²) in [6, 6.07) is 52.1. The minimum absolute atomic E-state index is 0.00201. The number of nitrogens with zero attached hydrogens (tertiary/aromatic N) is 5. The molecule has 7 heteroatoms. The van der Waals surface area contributed by atoms with Crippen molar-refractivity contribution >= 4 is 70.9 Å². The van der Waals surface area contributed by atoms with Crippen molar-refractivity contribution < 1.29 is 32.3 Å². The van der Waals surface area contributed by atoms with Crippen LogP contribution in [0.5, 0.6) is 11.5 Å². The van der Waals surface area contributed by atoms with Crippen LogP contribution in [0.1, 0.15) is 19.4 Å². The average molecular weight is 933 g/mol. The van der Waals surface area contributed by atoms with Crippen LogP contribution in [0, 0.1) is 29.6 Å². The number of aryl methyl sites for hydroxylation is 3. The Morgan fingerprint density at radius 2 is 1.34 bits per heavy atom. The second kappa shape index (κ2) is 12.4. The predicted molar refractivity (Wildman–Crippen MR) is 231 cm³/mol. The molecule has 0 spiro atoms. The van der Waals surface area contributed by atoms with Gasteiger partial charge >= 0.3 is 205 Å². The molecule has 58 heavy (non-hydrogen) atoms. The monoisotopic (exact) mass is 932 g/mol. The van der Waals surface area contributed by atoms with Gasteiger partial charge in [0.05, 0.1) is 16.6 Å². The van der Waals surface area contributed by atoms with E-state index in [0.29, 0.717) is 22.6 Å². The molecule has 0 bridgehead atoms. The topological polar surface area (TPSA) is 41.3 Å². The average Bonchev–Trinajstić information content (AvgIpc) is 3.98. The van der Waals surface area contributed by atoms with E-state index in [0.717, 1.165) is 69.4 Å². The van der Waals surface area contributed by atoms with Gasteiger partial charge in [0.15, 0.2) is 0 Å². The van der Waals surface area contributed by atoms with Crippen molar-refractivity contribution in [3.05, 3.63) is 173 Å². The number of imidazole rings is 1. The van der Waals surface area contributed by atoms with E-state index in [1.165, 1.54) is 5.39 Å². The molecule has 5 aromatic heterocycles. The number of para-hydroxylation sites is 4. The van der Waals surface area contributed by atoms with Crippen molar-refractivity contribution in [3.8, 4) is 34.1 Å². The molecule has 0 atom stereocenters. The van der Waals surface area contributed by atoms with E-state index in [9.17, 15) is 0 Å². The Balaban J connectivity index is 1.12. The van der Waals surface area contributed by atoms with Gasteiger partial charge in [0.1, 0.15) is 0 Å². The molecule has 5 heterocycles. The van der Waals surface area contributed by atoms with Crippen molar-refractivity contribution in [1.82, 2.24) is 23.1 Å². The number of hydrogen-bond acceptors (Lipinski definition) is 2. The fraction of sp³-hybridized carbons (Fsp3) is 0.0588. The van der Waals surface area contributed by atoms with Gasteiger partial charge in [-0.1, -0.05) is 66.7 Å². The molecule has 0 N–H and O–H groups in total. The summed E-state index contributed by atoms with van der Waals surface area (Å²) < 4.78 is 67.3. The first-order valence-corrected chi connectivity index (χ1v) is 20.0. The van der Waals surface area contributed by atoms with Crippen molar-refractivity contribution in [2.75, 3.05) is 0 Å². The van der Waals surface area contributed by atoms with E-state index in [-0.39, 0.29) is 22.6 Å². The Kier molecular flexibility index (Phi) is 5.93. The predicted octanol–water partition coefficient (Wildman–Crippen LogP) is 12.4. The molecule has 0 aliphatic carbocycles. The number of pyridine rings is 1. The van der Waals surface area contributed by atoms with Crippen LogP contribution in [0.25, 0.3) is 93.6 Å². The van der Waals surface area contributed by atoms with Gasteiger partial charge in [-0.05, 0) is 24.0 Å². The Bertz CT molecular complexity index is 3950. The molecule has 0 radical (unpaired) electrons. The third-order valence-corrected chi connectivity index (χ3v) is 12.7. The molecular formula is C51H33N5OPt-2. The summed E-state index contributed by atoms with van der Waals surface area (Å²) in [4.78, 5) is 4.98. The maximum absolute atomic E-state index is 8.69. The van der Waals surface area contributed by atoms with Crippen LogP contribution in [-0.2, 0) is 26.4 Å². The molecule has 0 aliphatic rings. The maximum atomic E-state index is 8.69. The first-order valence-electron chi connectivity index (χ1n) is 21.9. The Hall–Kier alpha value is -6.75. The van der Waals surface area contributed by atoms with Crippen LogP contribution in [0.2, 0.25) is 0 Å². The summed E-state index contributed by atoms with van der Waals surface area (Å²) >= 11 is 2.26. The minimum Gasteiger partial charge on any atom is -0.0622 e. The van der Waals surface area contributed by atoms with E-state index in [1.54, 1.807) is 30.5 Å². The normalized spacial score (nSPS) is 14.1. The summed E-state index contributed by atoms with van der Waals surface area (Å²) in [5, 5.41) is 6.26. The summed E-state index contributed by atoms with van der Waals surface area (Å²) in [7, 11) is 1.98. The van der Waals surface area contributed by atoms with Gasteiger partial charge in [0.25, 0.3) is 0 Å². The van der Waals surface area contributed by atoms with Crippen LogP contribution in [0.3, 0.4) is 0 Å². The number of aromatic nitrogens is 5. The summed E-state index contributed by atoms with van der Waals surface area (Å²) in [5.41, 5.74) is 8.56. The molecule has 12 aromatic rings. The fourth-order valence-corrected chi connectivity index (χ4v) is 9.65. The van der Waals surface area contributed by atoms with E-state index in [4.69, 9.17) is 17.9 Å². The van der Waals surface area contributed by atoms with Crippen molar-refractivity contribution in [3.63, 3.8) is 0 Å².